The second-order valence-corrected chi connectivity index (χ2v) is 9.37. The van der Waals surface area contributed by atoms with Crippen molar-refractivity contribution < 1.29 is 24.3 Å². The van der Waals surface area contributed by atoms with Crippen LogP contribution in [0.25, 0.3) is 21.5 Å². The fraction of sp³-hybridized carbons (Fsp3) is 0.290. The number of carboxylic acid groups (broad SMARTS) is 1. The number of hydrogen-bond acceptors (Lipinski definition) is 6. The van der Waals surface area contributed by atoms with E-state index in [4.69, 9.17) is 5.11 Å². The number of carbonyl (C=O) groups is 4. The minimum atomic E-state index is -0.875. The SMILES string of the molecule is CC(=O)CCCC(=O)c1cncc2cccc(C)c12.Cc1cccc2cncc(C(=O)CCCC(=O)O)c12. The number of rotatable bonds is 10. The first-order valence-electron chi connectivity index (χ1n) is 12.6. The molecular weight excluding hydrogens is 480 g/mol. The van der Waals surface area contributed by atoms with E-state index in [1.54, 1.807) is 31.7 Å². The van der Waals surface area contributed by atoms with Crippen LogP contribution in [-0.2, 0) is 9.59 Å². The molecule has 0 spiro atoms. The van der Waals surface area contributed by atoms with Crippen LogP contribution in [-0.4, -0.2) is 38.4 Å². The molecule has 196 valence electrons. The molecule has 0 saturated carbocycles. The summed E-state index contributed by atoms with van der Waals surface area (Å²) in [5.41, 5.74) is 3.36. The van der Waals surface area contributed by atoms with Crippen LogP contribution in [0, 0.1) is 13.8 Å². The summed E-state index contributed by atoms with van der Waals surface area (Å²) in [7, 11) is 0. The molecule has 0 aliphatic heterocycles. The van der Waals surface area contributed by atoms with Gasteiger partial charge in [-0.3, -0.25) is 24.4 Å². The number of aliphatic carboxylic acids is 1. The van der Waals surface area contributed by atoms with Gasteiger partial charge in [0, 0.05) is 72.4 Å². The van der Waals surface area contributed by atoms with Gasteiger partial charge in [-0.05, 0) is 55.5 Å². The van der Waals surface area contributed by atoms with Crippen LogP contribution < -0.4 is 0 Å². The molecular formula is C31H32N2O5. The van der Waals surface area contributed by atoms with E-state index in [0.29, 0.717) is 36.8 Å². The number of aryl methyl sites for hydroxylation is 2. The number of ketones is 3. The molecule has 4 aromatic rings. The van der Waals surface area contributed by atoms with E-state index < -0.39 is 5.97 Å². The maximum Gasteiger partial charge on any atom is 0.303 e. The lowest BCUT2D eigenvalue weighted by Gasteiger charge is -2.07. The Morgan fingerprint density at radius 2 is 1.11 bits per heavy atom. The third-order valence-corrected chi connectivity index (χ3v) is 6.31. The van der Waals surface area contributed by atoms with Gasteiger partial charge in [-0.15, -0.1) is 0 Å². The van der Waals surface area contributed by atoms with Crippen molar-refractivity contribution in [3.05, 3.63) is 83.4 Å². The van der Waals surface area contributed by atoms with Crippen molar-refractivity contribution in [3.8, 4) is 0 Å². The summed E-state index contributed by atoms with van der Waals surface area (Å²) in [5, 5.41) is 12.4. The van der Waals surface area contributed by atoms with E-state index >= 15 is 0 Å². The molecule has 0 bridgehead atoms. The number of benzene rings is 2. The van der Waals surface area contributed by atoms with Crippen LogP contribution in [0.5, 0.6) is 0 Å². The van der Waals surface area contributed by atoms with Crippen LogP contribution in [0.2, 0.25) is 0 Å². The lowest BCUT2D eigenvalue weighted by atomic mass is 9.97. The third-order valence-electron chi connectivity index (χ3n) is 6.31. The average molecular weight is 513 g/mol. The third kappa shape index (κ3) is 7.38. The maximum atomic E-state index is 12.2. The van der Waals surface area contributed by atoms with Crippen molar-refractivity contribution in [2.45, 2.75) is 59.3 Å². The highest BCUT2D eigenvalue weighted by Gasteiger charge is 2.13. The molecule has 38 heavy (non-hydrogen) atoms. The highest BCUT2D eigenvalue weighted by Crippen LogP contribution is 2.24. The minimum Gasteiger partial charge on any atom is -0.481 e. The summed E-state index contributed by atoms with van der Waals surface area (Å²) in [6, 6.07) is 11.7. The van der Waals surface area contributed by atoms with Crippen molar-refractivity contribution in [2.75, 3.05) is 0 Å². The molecule has 0 fully saturated rings. The lowest BCUT2D eigenvalue weighted by molar-refractivity contribution is -0.137. The molecule has 1 N–H and O–H groups in total. The number of carbonyl (C=O) groups excluding carboxylic acids is 3. The van der Waals surface area contributed by atoms with Crippen molar-refractivity contribution in [3.63, 3.8) is 0 Å². The zero-order valence-corrected chi connectivity index (χ0v) is 22.0. The Balaban J connectivity index is 0.000000211. The Morgan fingerprint density at radius 1 is 0.658 bits per heavy atom. The molecule has 2 aromatic carbocycles. The van der Waals surface area contributed by atoms with Crippen molar-refractivity contribution in [2.24, 2.45) is 0 Å². The fourth-order valence-electron chi connectivity index (χ4n) is 4.44. The van der Waals surface area contributed by atoms with Gasteiger partial charge in [-0.2, -0.15) is 0 Å². The van der Waals surface area contributed by atoms with Crippen LogP contribution in [0.1, 0.15) is 77.3 Å². The largest absolute Gasteiger partial charge is 0.481 e. The first-order valence-corrected chi connectivity index (χ1v) is 12.6. The van der Waals surface area contributed by atoms with E-state index in [-0.39, 0.29) is 30.2 Å². The van der Waals surface area contributed by atoms with E-state index in [9.17, 15) is 19.2 Å². The normalized spacial score (nSPS) is 10.6. The Morgan fingerprint density at radius 3 is 1.53 bits per heavy atom. The van der Waals surface area contributed by atoms with Gasteiger partial charge < -0.3 is 9.90 Å². The number of aromatic nitrogens is 2. The van der Waals surface area contributed by atoms with E-state index in [1.165, 1.54) is 0 Å². The first kappa shape index (κ1) is 28.3. The highest BCUT2D eigenvalue weighted by atomic mass is 16.4. The van der Waals surface area contributed by atoms with Crippen LogP contribution in [0.3, 0.4) is 0 Å². The Hall–Kier alpha value is -4.26. The number of hydrogen-bond donors (Lipinski definition) is 1. The standard InChI is InChI=1S/C16H17NO2.C15H15NO3/c1-11-5-3-7-13-9-17-10-14(16(11)13)15(19)8-4-6-12(2)18;1-10-4-2-5-11-8-16-9-12(15(10)11)13(17)6-3-7-14(18)19/h3,5,7,9-10H,4,6,8H2,1-2H3;2,4-5,8-9H,3,6-7H2,1H3,(H,18,19). The topological polar surface area (TPSA) is 114 Å². The maximum absolute atomic E-state index is 12.2. The lowest BCUT2D eigenvalue weighted by Crippen LogP contribution is -2.04. The van der Waals surface area contributed by atoms with Gasteiger partial charge >= 0.3 is 5.97 Å². The van der Waals surface area contributed by atoms with E-state index in [1.807, 2.05) is 50.2 Å². The molecule has 4 rings (SSSR count). The minimum absolute atomic E-state index is 0.0168. The summed E-state index contributed by atoms with van der Waals surface area (Å²) in [6.07, 6.45) is 8.78. The van der Waals surface area contributed by atoms with Crippen LogP contribution in [0.15, 0.2) is 61.2 Å². The van der Waals surface area contributed by atoms with Gasteiger partial charge in [-0.25, -0.2) is 0 Å². The first-order chi connectivity index (χ1) is 18.2. The molecule has 0 saturated heterocycles. The molecule has 7 nitrogen and oxygen atoms in total. The molecule has 2 aromatic heterocycles. The average Bonchev–Trinajstić information content (AvgIpc) is 2.88. The van der Waals surface area contributed by atoms with E-state index in [0.717, 1.165) is 32.7 Å². The van der Waals surface area contributed by atoms with Crippen molar-refractivity contribution in [1.82, 2.24) is 9.97 Å². The summed E-state index contributed by atoms with van der Waals surface area (Å²) in [5.74, 6) is -0.734. The molecule has 0 atom stereocenters. The molecule has 0 amide bonds. The number of carboxylic acids is 1. The van der Waals surface area contributed by atoms with Crippen LogP contribution in [0.4, 0.5) is 0 Å². The van der Waals surface area contributed by atoms with Crippen molar-refractivity contribution >= 4 is 44.9 Å². The monoisotopic (exact) mass is 512 g/mol. The quantitative estimate of drug-likeness (QED) is 0.242. The Bertz CT molecular complexity index is 1370. The summed E-state index contributed by atoms with van der Waals surface area (Å²) in [4.78, 5) is 54.0. The number of fused-ring (bicyclic) bond motifs is 2. The van der Waals surface area contributed by atoms with E-state index in [2.05, 4.69) is 9.97 Å². The second-order valence-electron chi connectivity index (χ2n) is 9.37. The van der Waals surface area contributed by atoms with Gasteiger partial charge in [0.05, 0.1) is 0 Å². The molecule has 2 heterocycles. The summed E-state index contributed by atoms with van der Waals surface area (Å²) >= 11 is 0. The fourth-order valence-corrected chi connectivity index (χ4v) is 4.44. The van der Waals surface area contributed by atoms with Crippen molar-refractivity contribution in [1.29, 1.82) is 0 Å². The highest BCUT2D eigenvalue weighted by molar-refractivity contribution is 6.09. The Labute approximate surface area is 221 Å². The number of nitrogens with zero attached hydrogens (tertiary/aromatic N) is 2. The van der Waals surface area contributed by atoms with Gasteiger partial charge in [0.25, 0.3) is 0 Å². The zero-order chi connectivity index (χ0) is 27.7. The molecule has 0 unspecified atom stereocenters. The van der Waals surface area contributed by atoms with Gasteiger partial charge in [0.1, 0.15) is 5.78 Å². The Kier molecular flexibility index (Phi) is 9.93. The van der Waals surface area contributed by atoms with Gasteiger partial charge in [0.15, 0.2) is 11.6 Å². The molecule has 0 radical (unpaired) electrons. The second kappa shape index (κ2) is 13.3. The zero-order valence-electron chi connectivity index (χ0n) is 22.0. The van der Waals surface area contributed by atoms with Crippen LogP contribution >= 0.6 is 0 Å². The predicted octanol–water partition coefficient (Wildman–Crippen LogP) is 6.47. The number of pyridine rings is 2. The molecule has 0 aliphatic rings. The summed E-state index contributed by atoms with van der Waals surface area (Å²) in [6.45, 7) is 5.50. The molecule has 7 heteroatoms. The molecule has 0 aliphatic carbocycles. The van der Waals surface area contributed by atoms with Gasteiger partial charge in [0.2, 0.25) is 0 Å². The smallest absolute Gasteiger partial charge is 0.303 e. The predicted molar refractivity (Wildman–Crippen MR) is 148 cm³/mol. The number of Topliss-reactive ketones (excluding diaryl/α,β-unsaturated/α-hetero) is 3. The van der Waals surface area contributed by atoms with Gasteiger partial charge in [-0.1, -0.05) is 36.4 Å². The summed E-state index contributed by atoms with van der Waals surface area (Å²) < 4.78 is 0.